The lowest BCUT2D eigenvalue weighted by Gasteiger charge is -2.19. The summed E-state index contributed by atoms with van der Waals surface area (Å²) >= 11 is 0. The van der Waals surface area contributed by atoms with Crippen LogP contribution in [0.3, 0.4) is 0 Å². The summed E-state index contributed by atoms with van der Waals surface area (Å²) in [7, 11) is 1.55. The van der Waals surface area contributed by atoms with Gasteiger partial charge in [0.15, 0.2) is 0 Å². The van der Waals surface area contributed by atoms with Gasteiger partial charge in [-0.2, -0.15) is 0 Å². The normalized spacial score (nSPS) is 11.6. The van der Waals surface area contributed by atoms with E-state index in [0.29, 0.717) is 29.5 Å². The van der Waals surface area contributed by atoms with Gasteiger partial charge in [-0.15, -0.1) is 0 Å². The van der Waals surface area contributed by atoms with Gasteiger partial charge in [-0.25, -0.2) is 4.39 Å². The van der Waals surface area contributed by atoms with E-state index in [-0.39, 0.29) is 5.91 Å². The molecular formula is C19H23FN2O3. The molecule has 0 aliphatic heterocycles. The van der Waals surface area contributed by atoms with Gasteiger partial charge in [0.1, 0.15) is 23.4 Å². The number of aryl methyl sites for hydroxylation is 1. The monoisotopic (exact) mass is 346 g/mol. The fraction of sp³-hybridized carbons (Fsp3) is 0.316. The first-order valence-corrected chi connectivity index (χ1v) is 8.09. The molecule has 1 atom stereocenters. The van der Waals surface area contributed by atoms with Crippen molar-refractivity contribution in [2.75, 3.05) is 24.4 Å². The van der Waals surface area contributed by atoms with Crippen LogP contribution < -0.4 is 20.1 Å². The minimum absolute atomic E-state index is 0.240. The van der Waals surface area contributed by atoms with E-state index < -0.39 is 11.9 Å². The van der Waals surface area contributed by atoms with E-state index in [1.165, 1.54) is 12.1 Å². The number of methoxy groups -OCH3 is 1. The van der Waals surface area contributed by atoms with E-state index >= 15 is 0 Å². The molecule has 0 radical (unpaired) electrons. The standard InChI is InChI=1S/C19H23FN2O3/c1-5-25-18-11-14(20)7-8-15(18)21-13(3)19(23)22-16-10-12(2)6-9-17(16)24-4/h6-11,13,21H,5H2,1-4H3,(H,22,23). The summed E-state index contributed by atoms with van der Waals surface area (Å²) in [5.41, 5.74) is 2.17. The molecule has 2 N–H and O–H groups in total. The molecule has 0 heterocycles. The second-order valence-corrected chi connectivity index (χ2v) is 5.63. The predicted octanol–water partition coefficient (Wildman–Crippen LogP) is 3.98. The molecule has 0 spiro atoms. The number of benzene rings is 2. The highest BCUT2D eigenvalue weighted by molar-refractivity contribution is 5.97. The Morgan fingerprint density at radius 3 is 2.60 bits per heavy atom. The Labute approximate surface area is 147 Å². The maximum absolute atomic E-state index is 13.4. The van der Waals surface area contributed by atoms with Crippen LogP contribution in [0.25, 0.3) is 0 Å². The summed E-state index contributed by atoms with van der Waals surface area (Å²) in [4.78, 5) is 12.5. The molecule has 1 amide bonds. The topological polar surface area (TPSA) is 59.6 Å². The molecule has 0 aromatic heterocycles. The SMILES string of the molecule is CCOc1cc(F)ccc1NC(C)C(=O)Nc1cc(C)ccc1OC. The van der Waals surface area contributed by atoms with Crippen LogP contribution in [0.4, 0.5) is 15.8 Å². The Balaban J connectivity index is 2.12. The summed E-state index contributed by atoms with van der Waals surface area (Å²) in [6.07, 6.45) is 0. The number of anilines is 2. The van der Waals surface area contributed by atoms with Gasteiger partial charge in [-0.05, 0) is 50.6 Å². The predicted molar refractivity (Wildman–Crippen MR) is 97.0 cm³/mol. The van der Waals surface area contributed by atoms with E-state index in [0.717, 1.165) is 5.56 Å². The average Bonchev–Trinajstić information content (AvgIpc) is 2.57. The number of hydrogen-bond donors (Lipinski definition) is 2. The maximum Gasteiger partial charge on any atom is 0.246 e. The van der Waals surface area contributed by atoms with Gasteiger partial charge in [0, 0.05) is 6.07 Å². The summed E-state index contributed by atoms with van der Waals surface area (Å²) in [5.74, 6) is 0.324. The van der Waals surface area contributed by atoms with Crippen LogP contribution in [0.1, 0.15) is 19.4 Å². The highest BCUT2D eigenvalue weighted by Gasteiger charge is 2.17. The number of carbonyl (C=O) groups excluding carboxylic acids is 1. The molecule has 0 saturated carbocycles. The molecule has 0 aliphatic carbocycles. The highest BCUT2D eigenvalue weighted by Crippen LogP contribution is 2.28. The van der Waals surface area contributed by atoms with Crippen molar-refractivity contribution < 1.29 is 18.7 Å². The average molecular weight is 346 g/mol. The van der Waals surface area contributed by atoms with Gasteiger partial charge in [0.2, 0.25) is 5.91 Å². The number of amides is 1. The number of halogens is 1. The zero-order chi connectivity index (χ0) is 18.4. The first kappa shape index (κ1) is 18.6. The zero-order valence-corrected chi connectivity index (χ0v) is 14.9. The lowest BCUT2D eigenvalue weighted by Crippen LogP contribution is -2.32. The molecule has 2 aromatic carbocycles. The largest absolute Gasteiger partial charge is 0.495 e. The molecule has 5 nitrogen and oxygen atoms in total. The van der Waals surface area contributed by atoms with Crippen LogP contribution in [0.15, 0.2) is 36.4 Å². The van der Waals surface area contributed by atoms with Crippen molar-refractivity contribution in [1.82, 2.24) is 0 Å². The highest BCUT2D eigenvalue weighted by atomic mass is 19.1. The Kier molecular flexibility index (Phi) is 6.22. The van der Waals surface area contributed by atoms with Gasteiger partial charge in [0.05, 0.1) is 25.1 Å². The first-order chi connectivity index (χ1) is 11.9. The lowest BCUT2D eigenvalue weighted by atomic mass is 10.2. The van der Waals surface area contributed by atoms with Crippen molar-refractivity contribution in [1.29, 1.82) is 0 Å². The number of ether oxygens (including phenoxy) is 2. The minimum atomic E-state index is -0.560. The zero-order valence-electron chi connectivity index (χ0n) is 14.9. The Hall–Kier alpha value is -2.76. The van der Waals surface area contributed by atoms with Crippen molar-refractivity contribution in [3.05, 3.63) is 47.8 Å². The van der Waals surface area contributed by atoms with E-state index in [9.17, 15) is 9.18 Å². The Bertz CT molecular complexity index is 749. The number of carbonyl (C=O) groups is 1. The van der Waals surface area contributed by atoms with E-state index in [2.05, 4.69) is 10.6 Å². The van der Waals surface area contributed by atoms with Crippen molar-refractivity contribution >= 4 is 17.3 Å². The number of hydrogen-bond acceptors (Lipinski definition) is 4. The van der Waals surface area contributed by atoms with Crippen LogP contribution in [-0.2, 0) is 4.79 Å². The van der Waals surface area contributed by atoms with Crippen molar-refractivity contribution in [2.24, 2.45) is 0 Å². The van der Waals surface area contributed by atoms with Crippen LogP contribution in [0, 0.1) is 12.7 Å². The number of rotatable bonds is 7. The van der Waals surface area contributed by atoms with E-state index in [4.69, 9.17) is 9.47 Å². The van der Waals surface area contributed by atoms with Gasteiger partial charge < -0.3 is 20.1 Å². The minimum Gasteiger partial charge on any atom is -0.495 e. The molecule has 134 valence electrons. The third-order valence-electron chi connectivity index (χ3n) is 3.62. The fourth-order valence-corrected chi connectivity index (χ4v) is 2.35. The van der Waals surface area contributed by atoms with Gasteiger partial charge >= 0.3 is 0 Å². The molecule has 1 unspecified atom stereocenters. The van der Waals surface area contributed by atoms with E-state index in [1.807, 2.05) is 26.0 Å². The van der Waals surface area contributed by atoms with E-state index in [1.54, 1.807) is 26.2 Å². The van der Waals surface area contributed by atoms with Crippen LogP contribution >= 0.6 is 0 Å². The summed E-state index contributed by atoms with van der Waals surface area (Å²) < 4.78 is 24.1. The van der Waals surface area contributed by atoms with Crippen LogP contribution in [0.2, 0.25) is 0 Å². The first-order valence-electron chi connectivity index (χ1n) is 8.09. The Morgan fingerprint density at radius 2 is 1.92 bits per heavy atom. The van der Waals surface area contributed by atoms with Crippen molar-refractivity contribution in [3.8, 4) is 11.5 Å². The lowest BCUT2D eigenvalue weighted by molar-refractivity contribution is -0.116. The summed E-state index contributed by atoms with van der Waals surface area (Å²) in [6, 6.07) is 9.15. The quantitative estimate of drug-likeness (QED) is 0.796. The smallest absolute Gasteiger partial charge is 0.246 e. The molecule has 0 bridgehead atoms. The van der Waals surface area contributed by atoms with Crippen LogP contribution in [-0.4, -0.2) is 25.7 Å². The van der Waals surface area contributed by atoms with Gasteiger partial charge in [0.25, 0.3) is 0 Å². The molecule has 6 heteroatoms. The second kappa shape index (κ2) is 8.37. The van der Waals surface area contributed by atoms with Crippen LogP contribution in [0.5, 0.6) is 11.5 Å². The Morgan fingerprint density at radius 1 is 1.16 bits per heavy atom. The number of nitrogens with one attached hydrogen (secondary N) is 2. The molecule has 0 aliphatic rings. The van der Waals surface area contributed by atoms with Crippen molar-refractivity contribution in [2.45, 2.75) is 26.8 Å². The maximum atomic E-state index is 13.4. The summed E-state index contributed by atoms with van der Waals surface area (Å²) in [6.45, 7) is 5.87. The fourth-order valence-electron chi connectivity index (χ4n) is 2.35. The molecule has 25 heavy (non-hydrogen) atoms. The third kappa shape index (κ3) is 4.86. The van der Waals surface area contributed by atoms with Gasteiger partial charge in [-0.3, -0.25) is 4.79 Å². The molecular weight excluding hydrogens is 323 g/mol. The second-order valence-electron chi connectivity index (χ2n) is 5.63. The molecule has 2 aromatic rings. The summed E-state index contributed by atoms with van der Waals surface area (Å²) in [5, 5.41) is 5.89. The molecule has 0 fully saturated rings. The van der Waals surface area contributed by atoms with Gasteiger partial charge in [-0.1, -0.05) is 6.07 Å². The molecule has 0 saturated heterocycles. The van der Waals surface area contributed by atoms with Crippen molar-refractivity contribution in [3.63, 3.8) is 0 Å². The molecule has 2 rings (SSSR count). The third-order valence-corrected chi connectivity index (χ3v) is 3.62.